The molecule has 0 radical (unpaired) electrons. The number of ether oxygens (including phenoxy) is 1. The third kappa shape index (κ3) is 3.07. The summed E-state index contributed by atoms with van der Waals surface area (Å²) in [7, 11) is 0. The molecule has 0 unspecified atom stereocenters. The Morgan fingerprint density at radius 1 is 1.40 bits per heavy atom. The number of likely N-dealkylation sites (tertiary alicyclic amines) is 1. The van der Waals surface area contributed by atoms with E-state index in [0.29, 0.717) is 50.2 Å². The van der Waals surface area contributed by atoms with Gasteiger partial charge < -0.3 is 14.6 Å². The molecular weight excluding hydrogens is 260 g/mol. The molecule has 1 aromatic rings. The number of hydrogen-bond acceptors (Lipinski definition) is 4. The van der Waals surface area contributed by atoms with Crippen molar-refractivity contribution in [1.29, 1.82) is 0 Å². The second-order valence-corrected chi connectivity index (χ2v) is 4.76. The molecule has 0 atom stereocenters. The van der Waals surface area contributed by atoms with E-state index in [1.54, 1.807) is 24.0 Å². The Bertz CT molecular complexity index is 501. The highest BCUT2D eigenvalue weighted by molar-refractivity contribution is 5.93. The number of hydrogen-bond donors (Lipinski definition) is 1. The molecule has 0 aliphatic carbocycles. The van der Waals surface area contributed by atoms with Crippen LogP contribution in [0.5, 0.6) is 0 Å². The molecule has 20 heavy (non-hydrogen) atoms. The van der Waals surface area contributed by atoms with E-state index in [4.69, 9.17) is 4.74 Å². The standard InChI is InChI=1S/C14H18N2O4/c1-2-20-14(19)10-5-7-16(8-6-10)13(18)12-4-3-11(9-17)15-12/h3-4,9-10,15H,2,5-8H2,1H3. The minimum atomic E-state index is -0.178. The largest absolute Gasteiger partial charge is 0.466 e. The number of carbonyl (C=O) groups excluding carboxylic acids is 3. The number of amides is 1. The molecule has 1 amide bonds. The number of aldehydes is 1. The van der Waals surface area contributed by atoms with Gasteiger partial charge in [-0.1, -0.05) is 0 Å². The highest BCUT2D eigenvalue weighted by Crippen LogP contribution is 2.20. The molecule has 0 spiro atoms. The van der Waals surface area contributed by atoms with Gasteiger partial charge in [0.05, 0.1) is 18.2 Å². The van der Waals surface area contributed by atoms with Gasteiger partial charge in [-0.3, -0.25) is 14.4 Å². The molecule has 2 heterocycles. The zero-order valence-electron chi connectivity index (χ0n) is 11.4. The van der Waals surface area contributed by atoms with Gasteiger partial charge in [0, 0.05) is 13.1 Å². The fraction of sp³-hybridized carbons (Fsp3) is 0.500. The second-order valence-electron chi connectivity index (χ2n) is 4.76. The highest BCUT2D eigenvalue weighted by atomic mass is 16.5. The topological polar surface area (TPSA) is 79.5 Å². The Balaban J connectivity index is 1.91. The summed E-state index contributed by atoms with van der Waals surface area (Å²) >= 11 is 0. The lowest BCUT2D eigenvalue weighted by Crippen LogP contribution is -2.40. The average molecular weight is 278 g/mol. The van der Waals surface area contributed by atoms with Crippen LogP contribution < -0.4 is 0 Å². The zero-order valence-corrected chi connectivity index (χ0v) is 11.4. The van der Waals surface area contributed by atoms with Crippen molar-refractivity contribution in [2.24, 2.45) is 5.92 Å². The summed E-state index contributed by atoms with van der Waals surface area (Å²) in [5, 5.41) is 0. The maximum absolute atomic E-state index is 12.2. The first-order valence-corrected chi connectivity index (χ1v) is 6.75. The average Bonchev–Trinajstić information content (AvgIpc) is 2.96. The predicted octanol–water partition coefficient (Wildman–Crippen LogP) is 1.24. The van der Waals surface area contributed by atoms with Gasteiger partial charge in [-0.25, -0.2) is 0 Å². The lowest BCUT2D eigenvalue weighted by Gasteiger charge is -2.30. The molecule has 1 aliphatic rings. The van der Waals surface area contributed by atoms with Crippen LogP contribution in [0.25, 0.3) is 0 Å². The minimum absolute atomic E-state index is 0.117. The van der Waals surface area contributed by atoms with E-state index in [2.05, 4.69) is 4.98 Å². The molecule has 2 rings (SSSR count). The van der Waals surface area contributed by atoms with E-state index in [1.165, 1.54) is 0 Å². The third-order valence-electron chi connectivity index (χ3n) is 3.47. The quantitative estimate of drug-likeness (QED) is 0.664. The van der Waals surface area contributed by atoms with Gasteiger partial charge in [-0.2, -0.15) is 0 Å². The molecule has 0 saturated carbocycles. The molecule has 1 aliphatic heterocycles. The van der Waals surface area contributed by atoms with Crippen molar-refractivity contribution in [2.45, 2.75) is 19.8 Å². The first-order valence-electron chi connectivity index (χ1n) is 6.75. The van der Waals surface area contributed by atoms with Gasteiger partial charge in [0.1, 0.15) is 5.69 Å². The van der Waals surface area contributed by atoms with Crippen LogP contribution in [-0.2, 0) is 9.53 Å². The van der Waals surface area contributed by atoms with Crippen molar-refractivity contribution >= 4 is 18.2 Å². The molecule has 0 aromatic carbocycles. The fourth-order valence-corrected chi connectivity index (χ4v) is 2.35. The number of rotatable bonds is 4. The maximum atomic E-state index is 12.2. The van der Waals surface area contributed by atoms with E-state index in [0.717, 1.165) is 0 Å². The molecular formula is C14H18N2O4. The Hall–Kier alpha value is -2.11. The van der Waals surface area contributed by atoms with Crippen molar-refractivity contribution in [1.82, 2.24) is 9.88 Å². The summed E-state index contributed by atoms with van der Waals surface area (Å²) in [6.07, 6.45) is 1.90. The van der Waals surface area contributed by atoms with Crippen LogP contribution in [-0.4, -0.2) is 47.7 Å². The van der Waals surface area contributed by atoms with Crippen LogP contribution in [0.3, 0.4) is 0 Å². The predicted molar refractivity (Wildman–Crippen MR) is 71.4 cm³/mol. The molecule has 1 aromatic heterocycles. The van der Waals surface area contributed by atoms with Crippen LogP contribution in [0.2, 0.25) is 0 Å². The molecule has 108 valence electrons. The van der Waals surface area contributed by atoms with Crippen LogP contribution in [0.1, 0.15) is 40.7 Å². The Labute approximate surface area is 117 Å². The summed E-state index contributed by atoms with van der Waals surface area (Å²) in [6, 6.07) is 3.18. The molecule has 0 bridgehead atoms. The number of piperidine rings is 1. The molecule has 6 nitrogen and oxygen atoms in total. The Morgan fingerprint density at radius 3 is 2.65 bits per heavy atom. The van der Waals surface area contributed by atoms with Crippen molar-refractivity contribution in [2.75, 3.05) is 19.7 Å². The number of aromatic nitrogens is 1. The molecule has 1 saturated heterocycles. The van der Waals surface area contributed by atoms with Crippen LogP contribution in [0.4, 0.5) is 0 Å². The van der Waals surface area contributed by atoms with Gasteiger partial charge in [-0.05, 0) is 31.9 Å². The Kier molecular flexibility index (Phi) is 4.55. The molecule has 1 fully saturated rings. The summed E-state index contributed by atoms with van der Waals surface area (Å²) in [6.45, 7) is 3.22. The van der Waals surface area contributed by atoms with Gasteiger partial charge in [0.15, 0.2) is 6.29 Å². The van der Waals surface area contributed by atoms with Crippen LogP contribution in [0, 0.1) is 5.92 Å². The summed E-state index contributed by atoms with van der Waals surface area (Å²) in [5.74, 6) is -0.434. The zero-order chi connectivity index (χ0) is 14.5. The maximum Gasteiger partial charge on any atom is 0.309 e. The number of aromatic amines is 1. The van der Waals surface area contributed by atoms with E-state index >= 15 is 0 Å². The van der Waals surface area contributed by atoms with E-state index in [1.807, 2.05) is 0 Å². The highest BCUT2D eigenvalue weighted by Gasteiger charge is 2.28. The van der Waals surface area contributed by atoms with E-state index < -0.39 is 0 Å². The van der Waals surface area contributed by atoms with E-state index in [-0.39, 0.29) is 17.8 Å². The van der Waals surface area contributed by atoms with Crippen molar-refractivity contribution < 1.29 is 19.1 Å². The van der Waals surface area contributed by atoms with Crippen LogP contribution >= 0.6 is 0 Å². The SMILES string of the molecule is CCOC(=O)C1CCN(C(=O)c2ccc(C=O)[nH]2)CC1. The summed E-state index contributed by atoms with van der Waals surface area (Å²) < 4.78 is 4.99. The Morgan fingerprint density at radius 2 is 2.10 bits per heavy atom. The van der Waals surface area contributed by atoms with Gasteiger partial charge in [0.25, 0.3) is 5.91 Å². The van der Waals surface area contributed by atoms with Crippen molar-refractivity contribution in [3.8, 4) is 0 Å². The number of carbonyl (C=O) groups is 3. The lowest BCUT2D eigenvalue weighted by atomic mass is 9.97. The lowest BCUT2D eigenvalue weighted by molar-refractivity contribution is -0.149. The fourth-order valence-electron chi connectivity index (χ4n) is 2.35. The van der Waals surface area contributed by atoms with Gasteiger partial charge in [-0.15, -0.1) is 0 Å². The molecule has 6 heteroatoms. The normalized spacial score (nSPS) is 15.9. The van der Waals surface area contributed by atoms with Gasteiger partial charge >= 0.3 is 5.97 Å². The molecule has 1 N–H and O–H groups in total. The van der Waals surface area contributed by atoms with Crippen LogP contribution in [0.15, 0.2) is 12.1 Å². The number of H-pyrrole nitrogens is 1. The van der Waals surface area contributed by atoms with E-state index in [9.17, 15) is 14.4 Å². The number of nitrogens with zero attached hydrogens (tertiary/aromatic N) is 1. The first kappa shape index (κ1) is 14.3. The van der Waals surface area contributed by atoms with Gasteiger partial charge in [0.2, 0.25) is 0 Å². The number of nitrogens with one attached hydrogen (secondary N) is 1. The number of esters is 1. The van der Waals surface area contributed by atoms with Crippen molar-refractivity contribution in [3.05, 3.63) is 23.5 Å². The minimum Gasteiger partial charge on any atom is -0.466 e. The second kappa shape index (κ2) is 6.36. The summed E-state index contributed by atoms with van der Waals surface area (Å²) in [4.78, 5) is 38.9. The summed E-state index contributed by atoms with van der Waals surface area (Å²) in [5.41, 5.74) is 0.788. The monoisotopic (exact) mass is 278 g/mol. The van der Waals surface area contributed by atoms with Crippen molar-refractivity contribution in [3.63, 3.8) is 0 Å². The third-order valence-corrected chi connectivity index (χ3v) is 3.47. The first-order chi connectivity index (χ1) is 9.65. The smallest absolute Gasteiger partial charge is 0.309 e.